The Balaban J connectivity index is 1.59. The highest BCUT2D eigenvalue weighted by atomic mass is 19.4. The Bertz CT molecular complexity index is 1500. The van der Waals surface area contributed by atoms with Gasteiger partial charge in [0.15, 0.2) is 0 Å². The van der Waals surface area contributed by atoms with Gasteiger partial charge >= 0.3 is 12.3 Å². The molecular formula is C32H28F3NO5. The van der Waals surface area contributed by atoms with E-state index < -0.39 is 18.4 Å². The fraction of sp³-hybridized carbons (Fsp3) is 0.188. The van der Waals surface area contributed by atoms with Crippen molar-refractivity contribution in [2.75, 3.05) is 6.54 Å². The van der Waals surface area contributed by atoms with Crippen LogP contribution in [0.25, 0.3) is 22.3 Å². The van der Waals surface area contributed by atoms with Gasteiger partial charge in [-0.05, 0) is 78.6 Å². The van der Waals surface area contributed by atoms with E-state index in [2.05, 4.69) is 10.1 Å². The number of carboxylic acids is 1. The lowest BCUT2D eigenvalue weighted by Gasteiger charge is -2.20. The van der Waals surface area contributed by atoms with Gasteiger partial charge in [0.1, 0.15) is 17.6 Å². The van der Waals surface area contributed by atoms with Crippen LogP contribution < -0.4 is 14.8 Å². The maximum atomic E-state index is 12.6. The van der Waals surface area contributed by atoms with Crippen molar-refractivity contribution in [1.82, 2.24) is 5.32 Å². The van der Waals surface area contributed by atoms with Crippen molar-refractivity contribution >= 4 is 11.9 Å². The second kappa shape index (κ2) is 12.6. The summed E-state index contributed by atoms with van der Waals surface area (Å²) in [7, 11) is 0. The molecule has 0 bridgehead atoms. The first-order valence-corrected chi connectivity index (χ1v) is 12.8. The minimum atomic E-state index is -4.76. The van der Waals surface area contributed by atoms with E-state index in [1.165, 1.54) is 12.1 Å². The number of nitrogens with one attached hydrogen (secondary N) is 1. The summed E-state index contributed by atoms with van der Waals surface area (Å²) in [6, 6.07) is 26.1. The summed E-state index contributed by atoms with van der Waals surface area (Å²) < 4.78 is 48.0. The number of carboxylic acid groups (broad SMARTS) is 1. The van der Waals surface area contributed by atoms with Crippen LogP contribution in [-0.4, -0.2) is 29.9 Å². The third kappa shape index (κ3) is 8.11. The summed E-state index contributed by atoms with van der Waals surface area (Å²) in [5, 5.41) is 11.3. The quantitative estimate of drug-likeness (QED) is 0.208. The normalized spacial score (nSPS) is 11.9. The number of carbonyl (C=O) groups excluding carboxylic acids is 1. The second-order valence-electron chi connectivity index (χ2n) is 9.42. The number of carbonyl (C=O) groups is 2. The van der Waals surface area contributed by atoms with Crippen LogP contribution in [-0.2, 0) is 4.79 Å². The van der Waals surface area contributed by atoms with Crippen molar-refractivity contribution in [1.29, 1.82) is 0 Å². The first kappa shape index (κ1) is 29.2. The van der Waals surface area contributed by atoms with E-state index in [4.69, 9.17) is 9.84 Å². The first-order chi connectivity index (χ1) is 19.5. The van der Waals surface area contributed by atoms with Crippen LogP contribution in [0.1, 0.15) is 40.9 Å². The molecular weight excluding hydrogens is 535 g/mol. The van der Waals surface area contributed by atoms with Crippen LogP contribution in [0, 0.1) is 6.92 Å². The van der Waals surface area contributed by atoms with E-state index in [1.807, 2.05) is 56.3 Å². The van der Waals surface area contributed by atoms with Crippen LogP contribution in [0.4, 0.5) is 13.2 Å². The van der Waals surface area contributed by atoms with Crippen molar-refractivity contribution in [3.8, 4) is 33.8 Å². The molecule has 212 valence electrons. The maximum Gasteiger partial charge on any atom is 0.573 e. The fourth-order valence-electron chi connectivity index (χ4n) is 4.26. The van der Waals surface area contributed by atoms with Crippen molar-refractivity contribution in [3.63, 3.8) is 0 Å². The molecule has 1 atom stereocenters. The summed E-state index contributed by atoms with van der Waals surface area (Å²) in [6.45, 7) is 3.92. The van der Waals surface area contributed by atoms with Gasteiger partial charge in [0.25, 0.3) is 5.91 Å². The van der Waals surface area contributed by atoms with Gasteiger partial charge in [0.2, 0.25) is 0 Å². The number of rotatable bonds is 10. The molecule has 4 aromatic rings. The van der Waals surface area contributed by atoms with Crippen LogP contribution in [0.5, 0.6) is 11.5 Å². The molecule has 41 heavy (non-hydrogen) atoms. The third-order valence-electron chi connectivity index (χ3n) is 6.33. The van der Waals surface area contributed by atoms with Crippen molar-refractivity contribution in [2.24, 2.45) is 0 Å². The van der Waals surface area contributed by atoms with E-state index >= 15 is 0 Å². The Kier molecular flexibility index (Phi) is 8.97. The summed E-state index contributed by atoms with van der Waals surface area (Å²) in [6.07, 6.45) is -5.37. The van der Waals surface area contributed by atoms with Crippen molar-refractivity contribution in [3.05, 3.63) is 108 Å². The zero-order valence-corrected chi connectivity index (χ0v) is 22.4. The molecule has 0 radical (unpaired) electrons. The van der Waals surface area contributed by atoms with Crippen molar-refractivity contribution in [2.45, 2.75) is 32.7 Å². The van der Waals surface area contributed by atoms with Crippen LogP contribution >= 0.6 is 0 Å². The Morgan fingerprint density at radius 2 is 1.41 bits per heavy atom. The molecule has 0 saturated carbocycles. The minimum Gasteiger partial charge on any atom is -0.486 e. The summed E-state index contributed by atoms with van der Waals surface area (Å²) in [5.74, 6) is -1.15. The number of amides is 1. The predicted molar refractivity (Wildman–Crippen MR) is 149 cm³/mol. The average molecular weight is 564 g/mol. The van der Waals surface area contributed by atoms with Gasteiger partial charge < -0.3 is 19.9 Å². The van der Waals surface area contributed by atoms with Crippen LogP contribution in [0.3, 0.4) is 0 Å². The standard InChI is InChI=1S/C32H28F3NO5/c1-20-3-5-23(6-4-20)28-16-11-25(22-7-14-27(15-8-22)41-32(33,34)35)19-29(28)21(2)40-26-12-9-24(10-13-26)31(39)36-18-17-30(37)38/h3-16,19,21H,17-18H2,1-2H3,(H,36,39)(H,37,38). The van der Waals surface area contributed by atoms with Crippen molar-refractivity contribution < 1.29 is 37.3 Å². The molecule has 0 heterocycles. The molecule has 9 heteroatoms. The smallest absolute Gasteiger partial charge is 0.486 e. The van der Waals surface area contributed by atoms with Gasteiger partial charge in [-0.3, -0.25) is 9.59 Å². The molecule has 0 fully saturated rings. The number of ether oxygens (including phenoxy) is 2. The fourth-order valence-corrected chi connectivity index (χ4v) is 4.26. The number of hydrogen-bond donors (Lipinski definition) is 2. The second-order valence-corrected chi connectivity index (χ2v) is 9.42. The van der Waals surface area contributed by atoms with Gasteiger partial charge in [0, 0.05) is 17.7 Å². The van der Waals surface area contributed by atoms with Gasteiger partial charge in [-0.2, -0.15) is 0 Å². The van der Waals surface area contributed by atoms with E-state index in [0.29, 0.717) is 16.9 Å². The van der Waals surface area contributed by atoms with Gasteiger partial charge in [-0.1, -0.05) is 54.1 Å². The molecule has 0 aliphatic heterocycles. The molecule has 0 spiro atoms. The molecule has 2 N–H and O–H groups in total. The molecule has 1 unspecified atom stereocenters. The lowest BCUT2D eigenvalue weighted by Crippen LogP contribution is -2.25. The number of aliphatic carboxylic acids is 1. The zero-order valence-electron chi connectivity index (χ0n) is 22.4. The highest BCUT2D eigenvalue weighted by molar-refractivity contribution is 5.94. The molecule has 4 rings (SSSR count). The third-order valence-corrected chi connectivity index (χ3v) is 6.33. The zero-order chi connectivity index (χ0) is 29.6. The molecule has 0 saturated heterocycles. The summed E-state index contributed by atoms with van der Waals surface area (Å²) in [4.78, 5) is 22.9. The molecule has 4 aromatic carbocycles. The number of aryl methyl sites for hydroxylation is 1. The lowest BCUT2D eigenvalue weighted by atomic mass is 9.92. The Hall–Kier alpha value is -4.79. The summed E-state index contributed by atoms with van der Waals surface area (Å²) in [5.41, 5.74) is 5.76. The SMILES string of the molecule is Cc1ccc(-c2ccc(-c3ccc(OC(F)(F)F)cc3)cc2C(C)Oc2ccc(C(=O)NCCC(=O)O)cc2)cc1. The van der Waals surface area contributed by atoms with E-state index in [0.717, 1.165) is 27.8 Å². The first-order valence-electron chi connectivity index (χ1n) is 12.8. The average Bonchev–Trinajstić information content (AvgIpc) is 2.93. The highest BCUT2D eigenvalue weighted by Gasteiger charge is 2.31. The minimum absolute atomic E-state index is 0.0274. The maximum absolute atomic E-state index is 12.6. The van der Waals surface area contributed by atoms with Crippen LogP contribution in [0.2, 0.25) is 0 Å². The molecule has 6 nitrogen and oxygen atoms in total. The number of halogens is 3. The molecule has 0 aliphatic carbocycles. The van der Waals surface area contributed by atoms with Gasteiger partial charge in [0.05, 0.1) is 6.42 Å². The van der Waals surface area contributed by atoms with E-state index in [9.17, 15) is 22.8 Å². The Morgan fingerprint density at radius 3 is 2.02 bits per heavy atom. The lowest BCUT2D eigenvalue weighted by molar-refractivity contribution is -0.274. The molecule has 0 aromatic heterocycles. The number of hydrogen-bond acceptors (Lipinski definition) is 4. The predicted octanol–water partition coefficient (Wildman–Crippen LogP) is 7.57. The Morgan fingerprint density at radius 1 is 0.829 bits per heavy atom. The Labute approximate surface area is 235 Å². The molecule has 1 amide bonds. The number of alkyl halides is 3. The monoisotopic (exact) mass is 563 g/mol. The van der Waals surface area contributed by atoms with E-state index in [1.54, 1.807) is 36.4 Å². The topological polar surface area (TPSA) is 84.9 Å². The largest absolute Gasteiger partial charge is 0.573 e. The summed E-state index contributed by atoms with van der Waals surface area (Å²) >= 11 is 0. The van der Waals surface area contributed by atoms with Gasteiger partial charge in [-0.15, -0.1) is 13.2 Å². The molecule has 0 aliphatic rings. The van der Waals surface area contributed by atoms with E-state index in [-0.39, 0.29) is 24.6 Å². The highest BCUT2D eigenvalue weighted by Crippen LogP contribution is 2.35. The van der Waals surface area contributed by atoms with Gasteiger partial charge in [-0.25, -0.2) is 0 Å². The number of benzene rings is 4. The van der Waals surface area contributed by atoms with Crippen LogP contribution in [0.15, 0.2) is 91.0 Å².